The Morgan fingerprint density at radius 3 is 2.18 bits per heavy atom. The van der Waals surface area contributed by atoms with Gasteiger partial charge in [0.25, 0.3) is 0 Å². The Labute approximate surface area is 113 Å². The molecule has 17 heavy (non-hydrogen) atoms. The lowest BCUT2D eigenvalue weighted by Gasteiger charge is -2.17. The summed E-state index contributed by atoms with van der Waals surface area (Å²) in [7, 11) is 1.90. The van der Waals surface area contributed by atoms with Gasteiger partial charge in [-0.2, -0.15) is 0 Å². The zero-order valence-corrected chi connectivity index (χ0v) is 12.9. The number of hydrogen-bond donors (Lipinski definition) is 1. The molecule has 1 N–H and O–H groups in total. The van der Waals surface area contributed by atoms with Gasteiger partial charge in [-0.3, -0.25) is 0 Å². The van der Waals surface area contributed by atoms with Crippen LogP contribution in [-0.4, -0.2) is 17.0 Å². The lowest BCUT2D eigenvalue weighted by molar-refractivity contribution is 0.593. The first-order valence-electron chi connectivity index (χ1n) is 6.30. The van der Waals surface area contributed by atoms with Crippen LogP contribution in [0.4, 0.5) is 5.82 Å². The molecule has 0 atom stereocenters. The Hall–Kier alpha value is -0.640. The molecule has 0 aliphatic carbocycles. The summed E-state index contributed by atoms with van der Waals surface area (Å²) in [5.41, 5.74) is 1.09. The molecule has 96 valence electrons. The fourth-order valence-corrected chi connectivity index (χ4v) is 2.70. The summed E-state index contributed by atoms with van der Waals surface area (Å²) in [6, 6.07) is 0. The number of halogens is 1. The van der Waals surface area contributed by atoms with E-state index in [-0.39, 0.29) is 0 Å². The van der Waals surface area contributed by atoms with Crippen LogP contribution in [0.2, 0.25) is 0 Å². The molecule has 1 rings (SSSR count). The zero-order chi connectivity index (χ0) is 13.0. The molecule has 0 aliphatic rings. The van der Waals surface area contributed by atoms with E-state index in [1.165, 1.54) is 0 Å². The van der Waals surface area contributed by atoms with Crippen LogP contribution < -0.4 is 5.32 Å². The zero-order valence-electron chi connectivity index (χ0n) is 11.3. The van der Waals surface area contributed by atoms with E-state index in [2.05, 4.69) is 53.9 Å². The molecule has 1 heterocycles. The number of nitrogens with one attached hydrogen (secondary N) is 1. The minimum atomic E-state index is 0.396. The highest BCUT2D eigenvalue weighted by atomic mass is 79.9. The number of rotatable bonds is 5. The van der Waals surface area contributed by atoms with E-state index in [0.29, 0.717) is 11.8 Å². The molecule has 0 bridgehead atoms. The third-order valence-corrected chi connectivity index (χ3v) is 3.81. The van der Waals surface area contributed by atoms with Crippen LogP contribution in [0.25, 0.3) is 0 Å². The first kappa shape index (κ1) is 14.4. The standard InChI is InChI=1S/C13H22BrN3/c1-6-9(7-2)12-16-11(8(3)4)10(14)13(15-5)17-12/h8-9H,6-7H2,1-5H3,(H,15,16,17). The summed E-state index contributed by atoms with van der Waals surface area (Å²) >= 11 is 3.58. The molecule has 0 amide bonds. The molecule has 0 fully saturated rings. The van der Waals surface area contributed by atoms with Gasteiger partial charge in [0.2, 0.25) is 0 Å². The van der Waals surface area contributed by atoms with Gasteiger partial charge in [-0.15, -0.1) is 0 Å². The first-order chi connectivity index (χ1) is 8.04. The van der Waals surface area contributed by atoms with Crippen LogP contribution in [-0.2, 0) is 0 Å². The highest BCUT2D eigenvalue weighted by Crippen LogP contribution is 2.31. The maximum atomic E-state index is 4.72. The van der Waals surface area contributed by atoms with E-state index < -0.39 is 0 Å². The third-order valence-electron chi connectivity index (χ3n) is 3.03. The molecule has 0 aromatic carbocycles. The van der Waals surface area contributed by atoms with Crippen LogP contribution in [0.5, 0.6) is 0 Å². The second-order valence-corrected chi connectivity index (χ2v) is 5.34. The van der Waals surface area contributed by atoms with Crippen molar-refractivity contribution >= 4 is 21.7 Å². The van der Waals surface area contributed by atoms with Crippen LogP contribution in [0.1, 0.15) is 63.9 Å². The van der Waals surface area contributed by atoms with Crippen LogP contribution in [0.3, 0.4) is 0 Å². The van der Waals surface area contributed by atoms with Crippen molar-refractivity contribution in [2.24, 2.45) is 0 Å². The van der Waals surface area contributed by atoms with Crippen molar-refractivity contribution in [2.45, 2.75) is 52.4 Å². The van der Waals surface area contributed by atoms with Gasteiger partial charge >= 0.3 is 0 Å². The number of nitrogens with zero attached hydrogens (tertiary/aromatic N) is 2. The highest BCUT2D eigenvalue weighted by molar-refractivity contribution is 9.10. The van der Waals surface area contributed by atoms with E-state index in [0.717, 1.165) is 34.7 Å². The second-order valence-electron chi connectivity index (χ2n) is 4.55. The lowest BCUT2D eigenvalue weighted by Crippen LogP contribution is -2.10. The average Bonchev–Trinajstić information content (AvgIpc) is 2.31. The van der Waals surface area contributed by atoms with E-state index in [4.69, 9.17) is 4.98 Å². The van der Waals surface area contributed by atoms with E-state index >= 15 is 0 Å². The second kappa shape index (κ2) is 6.34. The van der Waals surface area contributed by atoms with Crippen molar-refractivity contribution in [3.05, 3.63) is 16.0 Å². The largest absolute Gasteiger partial charge is 0.372 e. The summed E-state index contributed by atoms with van der Waals surface area (Å²) < 4.78 is 0.990. The SMILES string of the molecule is CCC(CC)c1nc(NC)c(Br)c(C(C)C)n1. The third kappa shape index (κ3) is 3.18. The lowest BCUT2D eigenvalue weighted by atomic mass is 10.0. The molecule has 4 heteroatoms. The normalized spacial score (nSPS) is 11.3. The Bertz CT molecular complexity index is 373. The molecule has 0 saturated heterocycles. The minimum Gasteiger partial charge on any atom is -0.372 e. The first-order valence-corrected chi connectivity index (χ1v) is 7.09. The molecule has 1 aromatic rings. The maximum Gasteiger partial charge on any atom is 0.144 e. The van der Waals surface area contributed by atoms with Gasteiger partial charge in [-0.05, 0) is 34.7 Å². The van der Waals surface area contributed by atoms with Gasteiger partial charge < -0.3 is 5.32 Å². The quantitative estimate of drug-likeness (QED) is 0.880. The van der Waals surface area contributed by atoms with Gasteiger partial charge in [0.1, 0.15) is 11.6 Å². The highest BCUT2D eigenvalue weighted by Gasteiger charge is 2.18. The Kier molecular flexibility index (Phi) is 5.37. The molecular formula is C13H22BrN3. The van der Waals surface area contributed by atoms with E-state index in [1.807, 2.05) is 7.05 Å². The topological polar surface area (TPSA) is 37.8 Å². The summed E-state index contributed by atoms with van der Waals surface area (Å²) in [6.45, 7) is 8.69. The molecule has 0 unspecified atom stereocenters. The Balaban J connectivity index is 3.28. The van der Waals surface area contributed by atoms with Crippen molar-refractivity contribution in [1.29, 1.82) is 0 Å². The van der Waals surface area contributed by atoms with Gasteiger partial charge in [-0.25, -0.2) is 9.97 Å². The van der Waals surface area contributed by atoms with Crippen LogP contribution in [0.15, 0.2) is 4.47 Å². The molecule has 0 saturated carbocycles. The Morgan fingerprint density at radius 1 is 1.18 bits per heavy atom. The molecule has 3 nitrogen and oxygen atoms in total. The fourth-order valence-electron chi connectivity index (χ4n) is 1.87. The number of anilines is 1. The summed E-state index contributed by atoms with van der Waals surface area (Å²) in [6.07, 6.45) is 2.16. The molecule has 0 spiro atoms. The van der Waals surface area contributed by atoms with E-state index in [1.54, 1.807) is 0 Å². The van der Waals surface area contributed by atoms with Crippen molar-refractivity contribution in [3.8, 4) is 0 Å². The molecular weight excluding hydrogens is 278 g/mol. The van der Waals surface area contributed by atoms with Gasteiger partial charge in [0.15, 0.2) is 0 Å². The van der Waals surface area contributed by atoms with Crippen LogP contribution >= 0.6 is 15.9 Å². The smallest absolute Gasteiger partial charge is 0.144 e. The average molecular weight is 300 g/mol. The predicted octanol–water partition coefficient (Wildman–Crippen LogP) is 4.31. The predicted molar refractivity (Wildman–Crippen MR) is 76.7 cm³/mol. The minimum absolute atomic E-state index is 0.396. The number of aromatic nitrogens is 2. The van der Waals surface area contributed by atoms with Crippen molar-refractivity contribution in [3.63, 3.8) is 0 Å². The van der Waals surface area contributed by atoms with Crippen molar-refractivity contribution in [1.82, 2.24) is 9.97 Å². The van der Waals surface area contributed by atoms with Crippen LogP contribution in [0, 0.1) is 0 Å². The summed E-state index contributed by atoms with van der Waals surface area (Å²) in [4.78, 5) is 9.33. The summed E-state index contributed by atoms with van der Waals surface area (Å²) in [5.74, 6) is 2.71. The number of hydrogen-bond acceptors (Lipinski definition) is 3. The monoisotopic (exact) mass is 299 g/mol. The maximum absolute atomic E-state index is 4.72. The molecule has 1 aromatic heterocycles. The van der Waals surface area contributed by atoms with Crippen molar-refractivity contribution in [2.75, 3.05) is 12.4 Å². The fraction of sp³-hybridized carbons (Fsp3) is 0.692. The molecule has 0 aliphatic heterocycles. The van der Waals surface area contributed by atoms with Gasteiger partial charge in [0, 0.05) is 13.0 Å². The van der Waals surface area contributed by atoms with Gasteiger partial charge in [-0.1, -0.05) is 27.7 Å². The summed E-state index contributed by atoms with van der Waals surface area (Å²) in [5, 5.41) is 3.14. The molecule has 0 radical (unpaired) electrons. The van der Waals surface area contributed by atoms with E-state index in [9.17, 15) is 0 Å². The Morgan fingerprint density at radius 2 is 1.76 bits per heavy atom. The van der Waals surface area contributed by atoms with Gasteiger partial charge in [0.05, 0.1) is 10.2 Å². The van der Waals surface area contributed by atoms with Crippen molar-refractivity contribution < 1.29 is 0 Å².